The van der Waals surface area contributed by atoms with E-state index in [9.17, 15) is 14.4 Å². The van der Waals surface area contributed by atoms with Gasteiger partial charge in [0, 0.05) is 11.8 Å². The number of carbonyl (C=O) groups is 3. The van der Waals surface area contributed by atoms with Gasteiger partial charge in [0.2, 0.25) is 0 Å². The van der Waals surface area contributed by atoms with Crippen LogP contribution in [-0.2, 0) is 9.59 Å². The van der Waals surface area contributed by atoms with Gasteiger partial charge in [0.1, 0.15) is 11.7 Å². The Kier molecular flexibility index (Phi) is 4.58. The van der Waals surface area contributed by atoms with Crippen LogP contribution in [0.5, 0.6) is 0 Å². The van der Waals surface area contributed by atoms with Gasteiger partial charge in [0.25, 0.3) is 5.91 Å². The molecule has 0 aliphatic carbocycles. The van der Waals surface area contributed by atoms with E-state index in [1.807, 2.05) is 0 Å². The third-order valence-electron chi connectivity index (χ3n) is 1.92. The summed E-state index contributed by atoms with van der Waals surface area (Å²) in [6, 6.07) is -1.22. The van der Waals surface area contributed by atoms with E-state index in [0.717, 1.165) is 0 Å². The Morgan fingerprint density at radius 3 is 2.59 bits per heavy atom. The van der Waals surface area contributed by atoms with Crippen LogP contribution in [0.25, 0.3) is 0 Å². The largest absolute Gasteiger partial charge is 0.481 e. The highest BCUT2D eigenvalue weighted by Gasteiger charge is 2.22. The smallest absolute Gasteiger partial charge is 0.326 e. The third kappa shape index (κ3) is 4.19. The molecule has 1 atom stereocenters. The molecule has 0 bridgehead atoms. The zero-order valence-corrected chi connectivity index (χ0v) is 9.44. The number of nitrogens with one attached hydrogen (secondary N) is 1. The number of hydrogen-bond acceptors (Lipinski definition) is 5. The third-order valence-corrected chi connectivity index (χ3v) is 2.50. The van der Waals surface area contributed by atoms with Gasteiger partial charge in [0.05, 0.1) is 5.51 Å². The van der Waals surface area contributed by atoms with E-state index in [4.69, 9.17) is 10.2 Å². The van der Waals surface area contributed by atoms with Crippen molar-refractivity contribution in [2.75, 3.05) is 0 Å². The fourth-order valence-electron chi connectivity index (χ4n) is 1.08. The molecule has 0 aliphatic heterocycles. The number of carboxylic acids is 2. The predicted octanol–water partition coefficient (Wildman–Crippen LogP) is 0.191. The maximum absolute atomic E-state index is 11.5. The van der Waals surface area contributed by atoms with Crippen LogP contribution >= 0.6 is 11.3 Å². The number of nitrogens with zero attached hydrogens (tertiary/aromatic N) is 1. The Balaban J connectivity index is 2.58. The molecule has 0 aromatic carbocycles. The molecule has 1 aromatic heterocycles. The molecule has 3 N–H and O–H groups in total. The van der Waals surface area contributed by atoms with Gasteiger partial charge in [0.15, 0.2) is 0 Å². The first kappa shape index (κ1) is 13.1. The van der Waals surface area contributed by atoms with Crippen molar-refractivity contribution in [3.8, 4) is 0 Å². The Morgan fingerprint density at radius 2 is 2.12 bits per heavy atom. The van der Waals surface area contributed by atoms with Crippen molar-refractivity contribution < 1.29 is 24.6 Å². The van der Waals surface area contributed by atoms with Gasteiger partial charge < -0.3 is 15.5 Å². The number of rotatable bonds is 6. The minimum Gasteiger partial charge on any atom is -0.481 e. The van der Waals surface area contributed by atoms with Crippen LogP contribution in [0.2, 0.25) is 0 Å². The molecule has 1 aromatic rings. The molecule has 0 spiro atoms. The molecule has 1 amide bonds. The number of thiazole rings is 1. The zero-order valence-electron chi connectivity index (χ0n) is 8.62. The molecule has 1 rings (SSSR count). The van der Waals surface area contributed by atoms with Crippen molar-refractivity contribution in [2.45, 2.75) is 18.9 Å². The first-order valence-corrected chi connectivity index (χ1v) is 5.58. The molecule has 0 saturated heterocycles. The average Bonchev–Trinajstić information content (AvgIpc) is 2.76. The lowest BCUT2D eigenvalue weighted by molar-refractivity contribution is -0.140. The van der Waals surface area contributed by atoms with E-state index in [2.05, 4.69) is 10.3 Å². The summed E-state index contributed by atoms with van der Waals surface area (Å²) >= 11 is 1.21. The van der Waals surface area contributed by atoms with Crippen molar-refractivity contribution in [1.82, 2.24) is 10.3 Å². The van der Waals surface area contributed by atoms with E-state index in [1.54, 1.807) is 0 Å². The Morgan fingerprint density at radius 1 is 1.41 bits per heavy atom. The lowest BCUT2D eigenvalue weighted by Gasteiger charge is -2.12. The topological polar surface area (TPSA) is 117 Å². The number of carbonyl (C=O) groups excluding carboxylic acids is 1. The van der Waals surface area contributed by atoms with Gasteiger partial charge in [-0.25, -0.2) is 9.78 Å². The second-order valence-corrected chi connectivity index (χ2v) is 3.89. The first-order chi connectivity index (χ1) is 8.00. The van der Waals surface area contributed by atoms with E-state index in [-0.39, 0.29) is 18.5 Å². The van der Waals surface area contributed by atoms with E-state index in [1.165, 1.54) is 22.2 Å². The molecule has 8 heteroatoms. The summed E-state index contributed by atoms with van der Waals surface area (Å²) in [5.41, 5.74) is 1.57. The monoisotopic (exact) mass is 258 g/mol. The van der Waals surface area contributed by atoms with Crippen molar-refractivity contribution in [3.63, 3.8) is 0 Å². The van der Waals surface area contributed by atoms with Gasteiger partial charge in [-0.15, -0.1) is 11.3 Å². The molecular formula is C9H10N2O5S. The molecule has 17 heavy (non-hydrogen) atoms. The number of aromatic nitrogens is 1. The van der Waals surface area contributed by atoms with Gasteiger partial charge in [-0.3, -0.25) is 9.59 Å². The highest BCUT2D eigenvalue weighted by Crippen LogP contribution is 2.03. The number of carboxylic acid groups (broad SMARTS) is 2. The maximum atomic E-state index is 11.5. The van der Waals surface area contributed by atoms with Crippen LogP contribution in [0.1, 0.15) is 23.3 Å². The van der Waals surface area contributed by atoms with Crippen LogP contribution < -0.4 is 5.32 Å². The maximum Gasteiger partial charge on any atom is 0.326 e. The second kappa shape index (κ2) is 5.94. The summed E-state index contributed by atoms with van der Waals surface area (Å²) in [6.45, 7) is 0. The van der Waals surface area contributed by atoms with Crippen LogP contribution in [0.3, 0.4) is 0 Å². The highest BCUT2D eigenvalue weighted by atomic mass is 32.1. The SMILES string of the molecule is O=C(O)CCC(NC(=O)c1cscn1)C(=O)O. The van der Waals surface area contributed by atoms with Crippen molar-refractivity contribution in [2.24, 2.45) is 0 Å². The Hall–Kier alpha value is -1.96. The Labute approximate surface area is 100 Å². The predicted molar refractivity (Wildman–Crippen MR) is 57.9 cm³/mol. The van der Waals surface area contributed by atoms with Gasteiger partial charge >= 0.3 is 11.9 Å². The van der Waals surface area contributed by atoms with Crippen LogP contribution in [-0.4, -0.2) is 39.1 Å². The molecule has 0 saturated carbocycles. The zero-order chi connectivity index (χ0) is 12.8. The highest BCUT2D eigenvalue weighted by molar-refractivity contribution is 7.07. The molecule has 1 heterocycles. The Bertz CT molecular complexity index is 417. The first-order valence-electron chi connectivity index (χ1n) is 4.64. The fourth-order valence-corrected chi connectivity index (χ4v) is 1.61. The van der Waals surface area contributed by atoms with Crippen molar-refractivity contribution in [3.05, 3.63) is 16.6 Å². The summed E-state index contributed by atoms with van der Waals surface area (Å²) in [7, 11) is 0. The van der Waals surface area contributed by atoms with Gasteiger partial charge in [-0.1, -0.05) is 0 Å². The molecule has 0 radical (unpaired) electrons. The van der Waals surface area contributed by atoms with E-state index < -0.39 is 23.9 Å². The summed E-state index contributed by atoms with van der Waals surface area (Å²) in [4.78, 5) is 36.3. The molecular weight excluding hydrogens is 248 g/mol. The number of aliphatic carboxylic acids is 2. The van der Waals surface area contributed by atoms with E-state index >= 15 is 0 Å². The van der Waals surface area contributed by atoms with Crippen molar-refractivity contribution >= 4 is 29.2 Å². The molecule has 92 valence electrons. The summed E-state index contributed by atoms with van der Waals surface area (Å²) in [5, 5.41) is 20.9. The second-order valence-electron chi connectivity index (χ2n) is 3.17. The fraction of sp³-hybridized carbons (Fsp3) is 0.333. The average molecular weight is 258 g/mol. The number of hydrogen-bond donors (Lipinski definition) is 3. The van der Waals surface area contributed by atoms with Crippen LogP contribution in [0.15, 0.2) is 10.9 Å². The summed E-state index contributed by atoms with van der Waals surface area (Å²) < 4.78 is 0. The van der Waals surface area contributed by atoms with E-state index in [0.29, 0.717) is 0 Å². The summed E-state index contributed by atoms with van der Waals surface area (Å²) in [6.07, 6.45) is -0.491. The summed E-state index contributed by atoms with van der Waals surface area (Å²) in [5.74, 6) is -3.00. The molecule has 0 aliphatic rings. The molecule has 1 unspecified atom stereocenters. The van der Waals surface area contributed by atoms with Gasteiger partial charge in [-0.05, 0) is 6.42 Å². The quantitative estimate of drug-likeness (QED) is 0.670. The lowest BCUT2D eigenvalue weighted by atomic mass is 10.1. The normalized spacial score (nSPS) is 11.8. The van der Waals surface area contributed by atoms with Crippen molar-refractivity contribution in [1.29, 1.82) is 0 Å². The van der Waals surface area contributed by atoms with Crippen LogP contribution in [0, 0.1) is 0 Å². The number of amides is 1. The van der Waals surface area contributed by atoms with Crippen LogP contribution in [0.4, 0.5) is 0 Å². The standard InChI is InChI=1S/C9H10N2O5S/c12-7(13)2-1-5(9(15)16)11-8(14)6-3-17-4-10-6/h3-5H,1-2H2,(H,11,14)(H,12,13)(H,15,16). The molecule has 7 nitrogen and oxygen atoms in total. The van der Waals surface area contributed by atoms with Gasteiger partial charge in [-0.2, -0.15) is 0 Å². The molecule has 0 fully saturated rings. The lowest BCUT2D eigenvalue weighted by Crippen LogP contribution is -2.41. The minimum absolute atomic E-state index is 0.122. The minimum atomic E-state index is -1.27.